The van der Waals surface area contributed by atoms with E-state index in [1.807, 2.05) is 27.7 Å². The van der Waals surface area contributed by atoms with Gasteiger partial charge < -0.3 is 4.74 Å². The Hall–Kier alpha value is -1.31. The van der Waals surface area contributed by atoms with E-state index in [1.54, 1.807) is 0 Å². The molecule has 0 amide bonds. The number of benzene rings is 1. The number of rotatable bonds is 0. The molecule has 1 aromatic rings. The molecule has 0 bridgehead atoms. The first-order valence-corrected chi connectivity index (χ1v) is 5.61. The number of ether oxygens (including phenoxy) is 1. The van der Waals surface area contributed by atoms with Crippen molar-refractivity contribution in [3.63, 3.8) is 0 Å². The van der Waals surface area contributed by atoms with Crippen LogP contribution in [-0.2, 0) is 0 Å². The first-order chi connectivity index (χ1) is 7.27. The van der Waals surface area contributed by atoms with Gasteiger partial charge in [-0.05, 0) is 63.8 Å². The molecule has 2 rings (SSSR count). The summed E-state index contributed by atoms with van der Waals surface area (Å²) in [7, 11) is 0. The molecule has 2 heteroatoms. The second-order valence-electron chi connectivity index (χ2n) is 5.15. The van der Waals surface area contributed by atoms with E-state index in [9.17, 15) is 4.79 Å². The van der Waals surface area contributed by atoms with E-state index >= 15 is 0 Å². The predicted molar refractivity (Wildman–Crippen MR) is 64.4 cm³/mol. The van der Waals surface area contributed by atoms with Crippen molar-refractivity contribution in [2.45, 2.75) is 47.1 Å². The molecule has 1 heterocycles. The second-order valence-corrected chi connectivity index (χ2v) is 5.15. The molecule has 0 atom stereocenters. The maximum Gasteiger partial charge on any atom is 0.209 e. The Kier molecular flexibility index (Phi) is 2.16. The first kappa shape index (κ1) is 11.2. The van der Waals surface area contributed by atoms with E-state index < -0.39 is 5.60 Å². The monoisotopic (exact) mass is 218 g/mol. The highest BCUT2D eigenvalue weighted by molar-refractivity contribution is 6.08. The maximum absolute atomic E-state index is 12.2. The maximum atomic E-state index is 12.2. The van der Waals surface area contributed by atoms with Gasteiger partial charge in [0.05, 0.1) is 5.56 Å². The highest BCUT2D eigenvalue weighted by Crippen LogP contribution is 2.42. The SMILES string of the molecule is Cc1c(C)c(C)c2c(c1C)OC(C)(C)C2=O. The minimum absolute atomic E-state index is 0.103. The van der Waals surface area contributed by atoms with Gasteiger partial charge in [0.2, 0.25) is 5.78 Å². The highest BCUT2D eigenvalue weighted by Gasteiger charge is 2.42. The smallest absolute Gasteiger partial charge is 0.209 e. The van der Waals surface area contributed by atoms with Crippen molar-refractivity contribution >= 4 is 5.78 Å². The van der Waals surface area contributed by atoms with Crippen LogP contribution in [0.2, 0.25) is 0 Å². The summed E-state index contributed by atoms with van der Waals surface area (Å²) in [5.74, 6) is 0.891. The topological polar surface area (TPSA) is 26.3 Å². The summed E-state index contributed by atoms with van der Waals surface area (Å²) in [6.07, 6.45) is 0. The molecule has 1 aliphatic heterocycles. The van der Waals surface area contributed by atoms with E-state index in [1.165, 1.54) is 11.1 Å². The van der Waals surface area contributed by atoms with Gasteiger partial charge in [-0.25, -0.2) is 0 Å². The molecule has 1 aromatic carbocycles. The summed E-state index contributed by atoms with van der Waals surface area (Å²) in [6.45, 7) is 11.8. The standard InChI is InChI=1S/C14H18O2/c1-7-8(2)10(4)12-11(9(7)3)13(15)14(5,6)16-12/h1-6H3. The predicted octanol–water partition coefficient (Wildman–Crippen LogP) is 3.27. The minimum atomic E-state index is -0.710. The number of carbonyl (C=O) groups is 1. The molecule has 1 aliphatic rings. The zero-order valence-corrected chi connectivity index (χ0v) is 10.8. The quantitative estimate of drug-likeness (QED) is 0.668. The largest absolute Gasteiger partial charge is 0.479 e. The Labute approximate surface area is 96.6 Å². The molecule has 0 saturated carbocycles. The van der Waals surface area contributed by atoms with Crippen molar-refractivity contribution in [1.29, 1.82) is 0 Å². The van der Waals surface area contributed by atoms with Crippen LogP contribution in [0.5, 0.6) is 5.75 Å². The zero-order valence-electron chi connectivity index (χ0n) is 10.8. The third kappa shape index (κ3) is 1.22. The lowest BCUT2D eigenvalue weighted by Gasteiger charge is -2.16. The van der Waals surface area contributed by atoms with Gasteiger partial charge in [-0.15, -0.1) is 0 Å². The Morgan fingerprint density at radius 2 is 1.38 bits per heavy atom. The third-order valence-corrected chi connectivity index (χ3v) is 3.76. The molecule has 0 aliphatic carbocycles. The van der Waals surface area contributed by atoms with Gasteiger partial charge in [-0.2, -0.15) is 0 Å². The number of Topliss-reactive ketones (excluding diaryl/α,β-unsaturated/α-hetero) is 1. The van der Waals surface area contributed by atoms with Crippen LogP contribution in [0.1, 0.15) is 46.5 Å². The molecule has 0 saturated heterocycles. The normalized spacial score (nSPS) is 17.2. The fourth-order valence-corrected chi connectivity index (χ4v) is 2.28. The number of hydrogen-bond acceptors (Lipinski definition) is 2. The Balaban J connectivity index is 2.82. The molecule has 0 N–H and O–H groups in total. The molecular formula is C14H18O2. The van der Waals surface area contributed by atoms with E-state index in [4.69, 9.17) is 4.74 Å². The van der Waals surface area contributed by atoms with Gasteiger partial charge in [0, 0.05) is 0 Å². The molecule has 2 nitrogen and oxygen atoms in total. The average molecular weight is 218 g/mol. The lowest BCUT2D eigenvalue weighted by Crippen LogP contribution is -2.32. The van der Waals surface area contributed by atoms with Crippen LogP contribution in [0.15, 0.2) is 0 Å². The molecule has 0 aromatic heterocycles. The summed E-state index contributed by atoms with van der Waals surface area (Å²) < 4.78 is 5.80. The third-order valence-electron chi connectivity index (χ3n) is 3.76. The zero-order chi connectivity index (χ0) is 12.2. The van der Waals surface area contributed by atoms with Crippen molar-refractivity contribution < 1.29 is 9.53 Å². The van der Waals surface area contributed by atoms with Crippen molar-refractivity contribution in [1.82, 2.24) is 0 Å². The van der Waals surface area contributed by atoms with Crippen molar-refractivity contribution in [3.8, 4) is 5.75 Å². The lowest BCUT2D eigenvalue weighted by atomic mass is 9.89. The van der Waals surface area contributed by atoms with Gasteiger partial charge >= 0.3 is 0 Å². The Bertz CT molecular complexity index is 496. The van der Waals surface area contributed by atoms with E-state index in [2.05, 4.69) is 13.8 Å². The number of hydrogen-bond donors (Lipinski definition) is 0. The van der Waals surface area contributed by atoms with Crippen LogP contribution in [-0.4, -0.2) is 11.4 Å². The first-order valence-electron chi connectivity index (χ1n) is 5.61. The molecular weight excluding hydrogens is 200 g/mol. The van der Waals surface area contributed by atoms with Gasteiger partial charge in [0.15, 0.2) is 5.60 Å². The summed E-state index contributed by atoms with van der Waals surface area (Å²) in [4.78, 5) is 12.2. The Morgan fingerprint density at radius 1 is 0.875 bits per heavy atom. The van der Waals surface area contributed by atoms with Crippen LogP contribution >= 0.6 is 0 Å². The highest BCUT2D eigenvalue weighted by atomic mass is 16.5. The second kappa shape index (κ2) is 3.09. The summed E-state index contributed by atoms with van der Waals surface area (Å²) in [6, 6.07) is 0. The number of ketones is 1. The molecule has 86 valence electrons. The van der Waals surface area contributed by atoms with Crippen molar-refractivity contribution in [2.75, 3.05) is 0 Å². The number of carbonyl (C=O) groups excluding carboxylic acids is 1. The molecule has 0 spiro atoms. The van der Waals surface area contributed by atoms with Crippen LogP contribution in [0.4, 0.5) is 0 Å². The summed E-state index contributed by atoms with van der Waals surface area (Å²) in [5.41, 5.74) is 4.65. The van der Waals surface area contributed by atoms with Gasteiger partial charge in [0.25, 0.3) is 0 Å². The van der Waals surface area contributed by atoms with Crippen LogP contribution in [0.3, 0.4) is 0 Å². The number of fused-ring (bicyclic) bond motifs is 1. The molecule has 0 fully saturated rings. The van der Waals surface area contributed by atoms with Crippen molar-refractivity contribution in [2.24, 2.45) is 0 Å². The lowest BCUT2D eigenvalue weighted by molar-refractivity contribution is 0.0683. The minimum Gasteiger partial charge on any atom is -0.479 e. The van der Waals surface area contributed by atoms with Crippen molar-refractivity contribution in [3.05, 3.63) is 27.8 Å². The van der Waals surface area contributed by atoms with Gasteiger partial charge in [0.1, 0.15) is 5.75 Å². The summed E-state index contributed by atoms with van der Waals surface area (Å²) >= 11 is 0. The van der Waals surface area contributed by atoms with Gasteiger partial charge in [-0.1, -0.05) is 0 Å². The van der Waals surface area contributed by atoms with Crippen LogP contribution < -0.4 is 4.74 Å². The van der Waals surface area contributed by atoms with Gasteiger partial charge in [-0.3, -0.25) is 4.79 Å². The molecule has 16 heavy (non-hydrogen) atoms. The average Bonchev–Trinajstić information content (AvgIpc) is 2.45. The summed E-state index contributed by atoms with van der Waals surface area (Å²) in [5, 5.41) is 0. The fourth-order valence-electron chi connectivity index (χ4n) is 2.28. The van der Waals surface area contributed by atoms with E-state index in [0.29, 0.717) is 0 Å². The molecule has 0 radical (unpaired) electrons. The van der Waals surface area contributed by atoms with Crippen LogP contribution in [0.25, 0.3) is 0 Å². The van der Waals surface area contributed by atoms with E-state index in [0.717, 1.165) is 22.4 Å². The molecule has 0 unspecified atom stereocenters. The van der Waals surface area contributed by atoms with Crippen LogP contribution in [0, 0.1) is 27.7 Å². The fraction of sp³-hybridized carbons (Fsp3) is 0.500. The van der Waals surface area contributed by atoms with E-state index in [-0.39, 0.29) is 5.78 Å². The Morgan fingerprint density at radius 3 is 1.94 bits per heavy atom.